The predicted molar refractivity (Wildman–Crippen MR) is 99.8 cm³/mol. The van der Waals surface area contributed by atoms with Crippen molar-refractivity contribution in [1.29, 1.82) is 0 Å². The van der Waals surface area contributed by atoms with Crippen molar-refractivity contribution in [3.8, 4) is 5.75 Å². The largest absolute Gasteiger partial charge is 0.493 e. The van der Waals surface area contributed by atoms with Crippen molar-refractivity contribution in [3.05, 3.63) is 66.2 Å². The Labute approximate surface area is 154 Å². The maximum Gasteiger partial charge on any atom is 0.307 e. The second-order valence-electron chi connectivity index (χ2n) is 5.91. The fourth-order valence-corrected chi connectivity index (χ4v) is 2.68. The molecule has 0 N–H and O–H groups in total. The van der Waals surface area contributed by atoms with E-state index in [1.165, 1.54) is 7.11 Å². The summed E-state index contributed by atoms with van der Waals surface area (Å²) in [6.45, 7) is 2.56. The molecule has 1 atom stereocenters. The zero-order valence-electron chi connectivity index (χ0n) is 15.3. The Morgan fingerprint density at radius 3 is 2.19 bits per heavy atom. The first kappa shape index (κ1) is 19.5. The number of para-hydroxylation sites is 1. The van der Waals surface area contributed by atoms with Crippen LogP contribution in [0.4, 0.5) is 0 Å². The van der Waals surface area contributed by atoms with Crippen LogP contribution < -0.4 is 4.74 Å². The molecule has 0 radical (unpaired) electrons. The van der Waals surface area contributed by atoms with Gasteiger partial charge in [-0.05, 0) is 24.6 Å². The van der Waals surface area contributed by atoms with E-state index >= 15 is 0 Å². The van der Waals surface area contributed by atoms with Crippen LogP contribution in [-0.2, 0) is 14.3 Å². The molecule has 0 fully saturated rings. The van der Waals surface area contributed by atoms with Crippen molar-refractivity contribution in [2.75, 3.05) is 20.3 Å². The third-order valence-electron chi connectivity index (χ3n) is 4.18. The third-order valence-corrected chi connectivity index (χ3v) is 4.18. The van der Waals surface area contributed by atoms with E-state index in [4.69, 9.17) is 9.47 Å². The van der Waals surface area contributed by atoms with E-state index in [0.717, 1.165) is 11.3 Å². The van der Waals surface area contributed by atoms with E-state index in [2.05, 4.69) is 0 Å². The summed E-state index contributed by atoms with van der Waals surface area (Å²) in [5.41, 5.74) is 1.02. The maximum atomic E-state index is 12.7. The molecule has 1 amide bonds. The lowest BCUT2D eigenvalue weighted by Gasteiger charge is -2.29. The summed E-state index contributed by atoms with van der Waals surface area (Å²) >= 11 is 0. The van der Waals surface area contributed by atoms with Crippen molar-refractivity contribution < 1.29 is 19.1 Å². The molecule has 0 spiro atoms. The van der Waals surface area contributed by atoms with E-state index in [9.17, 15) is 9.59 Å². The first-order valence-corrected chi connectivity index (χ1v) is 8.71. The number of benzene rings is 2. The quantitative estimate of drug-likeness (QED) is 0.645. The minimum atomic E-state index is -0.330. The van der Waals surface area contributed by atoms with Crippen LogP contribution in [0.3, 0.4) is 0 Å². The second-order valence-corrected chi connectivity index (χ2v) is 5.91. The van der Waals surface area contributed by atoms with Gasteiger partial charge in [0.05, 0.1) is 32.6 Å². The molecule has 1 unspecified atom stereocenters. The van der Waals surface area contributed by atoms with Gasteiger partial charge >= 0.3 is 5.97 Å². The predicted octanol–water partition coefficient (Wildman–Crippen LogP) is 3.61. The standard InChI is InChI=1S/C21H25NO4/c1-17(18-9-5-3-6-10-18)22(15-13-21(24)25-2)20(23)14-16-26-19-11-7-4-8-12-19/h3-12,17H,13-16H2,1-2H3. The second kappa shape index (κ2) is 10.2. The molecule has 0 saturated heterocycles. The average Bonchev–Trinajstić information content (AvgIpc) is 2.69. The number of carbonyl (C=O) groups is 2. The number of ether oxygens (including phenoxy) is 2. The molecule has 0 heterocycles. The number of esters is 1. The van der Waals surface area contributed by atoms with E-state index in [-0.39, 0.29) is 30.8 Å². The number of hydrogen-bond acceptors (Lipinski definition) is 4. The molecule has 0 aliphatic rings. The van der Waals surface area contributed by atoms with Gasteiger partial charge in [-0.15, -0.1) is 0 Å². The third kappa shape index (κ3) is 5.92. The van der Waals surface area contributed by atoms with E-state index < -0.39 is 0 Å². The minimum Gasteiger partial charge on any atom is -0.493 e. The van der Waals surface area contributed by atoms with Gasteiger partial charge in [0, 0.05) is 6.54 Å². The van der Waals surface area contributed by atoms with Gasteiger partial charge in [-0.25, -0.2) is 0 Å². The molecular weight excluding hydrogens is 330 g/mol. The molecule has 0 aliphatic heterocycles. The van der Waals surface area contributed by atoms with Crippen molar-refractivity contribution in [3.63, 3.8) is 0 Å². The normalized spacial score (nSPS) is 11.5. The van der Waals surface area contributed by atoms with Crippen LogP contribution >= 0.6 is 0 Å². The summed E-state index contributed by atoms with van der Waals surface area (Å²) in [6.07, 6.45) is 0.409. The minimum absolute atomic E-state index is 0.0545. The summed E-state index contributed by atoms with van der Waals surface area (Å²) in [7, 11) is 1.35. The highest BCUT2D eigenvalue weighted by atomic mass is 16.5. The van der Waals surface area contributed by atoms with Crippen molar-refractivity contribution in [2.24, 2.45) is 0 Å². The van der Waals surface area contributed by atoms with Crippen molar-refractivity contribution in [1.82, 2.24) is 4.90 Å². The number of carbonyl (C=O) groups excluding carboxylic acids is 2. The number of hydrogen-bond donors (Lipinski definition) is 0. The molecule has 0 aromatic heterocycles. The van der Waals surface area contributed by atoms with Crippen LogP contribution in [0.2, 0.25) is 0 Å². The van der Waals surface area contributed by atoms with Crippen LogP contribution in [0.5, 0.6) is 5.75 Å². The number of rotatable bonds is 9. The molecule has 0 saturated carbocycles. The van der Waals surface area contributed by atoms with E-state index in [0.29, 0.717) is 13.2 Å². The molecule has 2 aromatic carbocycles. The summed E-state index contributed by atoms with van der Waals surface area (Å²) in [4.78, 5) is 26.0. The fourth-order valence-electron chi connectivity index (χ4n) is 2.68. The molecule has 5 nitrogen and oxygen atoms in total. The van der Waals surface area contributed by atoms with E-state index in [1.54, 1.807) is 4.90 Å². The van der Waals surface area contributed by atoms with Gasteiger partial charge in [0.1, 0.15) is 5.75 Å². The smallest absolute Gasteiger partial charge is 0.307 e. The molecule has 2 aromatic rings. The Hall–Kier alpha value is -2.82. The first-order valence-electron chi connectivity index (χ1n) is 8.71. The van der Waals surface area contributed by atoms with Gasteiger partial charge < -0.3 is 14.4 Å². The molecule has 0 bridgehead atoms. The lowest BCUT2D eigenvalue weighted by molar-refractivity contribution is -0.142. The molecule has 0 aliphatic carbocycles. The van der Waals surface area contributed by atoms with Crippen LogP contribution in [0, 0.1) is 0 Å². The van der Waals surface area contributed by atoms with Crippen LogP contribution in [0.25, 0.3) is 0 Å². The van der Waals surface area contributed by atoms with Crippen LogP contribution in [0.15, 0.2) is 60.7 Å². The monoisotopic (exact) mass is 355 g/mol. The number of nitrogens with zero attached hydrogens (tertiary/aromatic N) is 1. The van der Waals surface area contributed by atoms with Crippen LogP contribution in [0.1, 0.15) is 31.4 Å². The van der Waals surface area contributed by atoms with Gasteiger partial charge in [-0.3, -0.25) is 9.59 Å². The first-order chi connectivity index (χ1) is 12.6. The van der Waals surface area contributed by atoms with Gasteiger partial charge in [-0.2, -0.15) is 0 Å². The Morgan fingerprint density at radius 1 is 0.962 bits per heavy atom. The Balaban J connectivity index is 1.99. The lowest BCUT2D eigenvalue weighted by atomic mass is 10.1. The molecule has 5 heteroatoms. The summed E-state index contributed by atoms with van der Waals surface area (Å²) in [6, 6.07) is 19.0. The van der Waals surface area contributed by atoms with Gasteiger partial charge in [0.2, 0.25) is 5.91 Å². The SMILES string of the molecule is COC(=O)CCN(C(=O)CCOc1ccccc1)C(C)c1ccccc1. The average molecular weight is 355 g/mol. The molecule has 138 valence electrons. The van der Waals surface area contributed by atoms with E-state index in [1.807, 2.05) is 67.6 Å². The molecule has 26 heavy (non-hydrogen) atoms. The summed E-state index contributed by atoms with van der Waals surface area (Å²) in [5.74, 6) is 0.349. The highest BCUT2D eigenvalue weighted by Gasteiger charge is 2.22. The van der Waals surface area contributed by atoms with Crippen molar-refractivity contribution in [2.45, 2.75) is 25.8 Å². The van der Waals surface area contributed by atoms with Crippen LogP contribution in [-0.4, -0.2) is 37.0 Å². The lowest BCUT2D eigenvalue weighted by Crippen LogP contribution is -2.36. The zero-order valence-corrected chi connectivity index (χ0v) is 15.3. The molecular formula is C21H25NO4. The maximum absolute atomic E-state index is 12.7. The zero-order chi connectivity index (χ0) is 18.8. The number of amides is 1. The number of methoxy groups -OCH3 is 1. The summed E-state index contributed by atoms with van der Waals surface area (Å²) in [5, 5.41) is 0. The Morgan fingerprint density at radius 2 is 1.58 bits per heavy atom. The van der Waals surface area contributed by atoms with Gasteiger partial charge in [0.25, 0.3) is 0 Å². The molecule has 2 rings (SSSR count). The Bertz CT molecular complexity index is 688. The van der Waals surface area contributed by atoms with Crippen molar-refractivity contribution >= 4 is 11.9 Å². The summed E-state index contributed by atoms with van der Waals surface area (Å²) < 4.78 is 10.3. The van der Waals surface area contributed by atoms with Gasteiger partial charge in [-0.1, -0.05) is 48.5 Å². The fraction of sp³-hybridized carbons (Fsp3) is 0.333. The Kier molecular flexibility index (Phi) is 7.68. The topological polar surface area (TPSA) is 55.8 Å². The highest BCUT2D eigenvalue weighted by molar-refractivity contribution is 5.78. The van der Waals surface area contributed by atoms with Gasteiger partial charge in [0.15, 0.2) is 0 Å². The highest BCUT2D eigenvalue weighted by Crippen LogP contribution is 2.21.